The fourth-order valence-corrected chi connectivity index (χ4v) is 7.72. The molecule has 0 spiro atoms. The number of oxime groups is 1. The molecule has 7 atom stereocenters. The predicted octanol–water partition coefficient (Wildman–Crippen LogP) is 5.35. The van der Waals surface area contributed by atoms with Crippen LogP contribution in [0.1, 0.15) is 79.1 Å². The van der Waals surface area contributed by atoms with Gasteiger partial charge in [0.15, 0.2) is 0 Å². The first kappa shape index (κ1) is 19.0. The Balaban J connectivity index is 1.58. The Morgan fingerprint density at radius 3 is 2.63 bits per heavy atom. The molecule has 4 nitrogen and oxygen atoms in total. The molecular weight excluding hydrogens is 338 g/mol. The number of nitrogens with zero attached hydrogens (tertiary/aromatic N) is 1. The van der Waals surface area contributed by atoms with Crippen LogP contribution in [0.4, 0.5) is 0 Å². The molecule has 0 aliphatic heterocycles. The number of allylic oxidation sites excluding steroid dienone is 1. The van der Waals surface area contributed by atoms with E-state index in [1.54, 1.807) is 5.57 Å². The molecule has 3 fully saturated rings. The van der Waals surface area contributed by atoms with Gasteiger partial charge < -0.3 is 9.94 Å². The zero-order valence-corrected chi connectivity index (χ0v) is 17.3. The van der Waals surface area contributed by atoms with Gasteiger partial charge in [-0.1, -0.05) is 30.7 Å². The largest absolute Gasteiger partial charge is 0.462 e. The fourth-order valence-electron chi connectivity index (χ4n) is 7.72. The number of esters is 1. The Bertz CT molecular complexity index is 683. The van der Waals surface area contributed by atoms with Gasteiger partial charge in [-0.05, 0) is 80.5 Å². The smallest absolute Gasteiger partial charge is 0.302 e. The van der Waals surface area contributed by atoms with Crippen LogP contribution in [0.2, 0.25) is 0 Å². The molecule has 3 saturated carbocycles. The van der Waals surface area contributed by atoms with Crippen LogP contribution in [0.3, 0.4) is 0 Å². The lowest BCUT2D eigenvalue weighted by molar-refractivity contribution is -0.148. The third kappa shape index (κ3) is 2.86. The Labute approximate surface area is 163 Å². The van der Waals surface area contributed by atoms with E-state index in [-0.39, 0.29) is 22.9 Å². The highest BCUT2D eigenvalue weighted by Gasteiger charge is 2.59. The summed E-state index contributed by atoms with van der Waals surface area (Å²) in [4.78, 5) is 11.4. The predicted molar refractivity (Wildman–Crippen MR) is 106 cm³/mol. The lowest BCUT2D eigenvalue weighted by atomic mass is 9.47. The van der Waals surface area contributed by atoms with E-state index >= 15 is 0 Å². The van der Waals surface area contributed by atoms with Crippen LogP contribution in [0.15, 0.2) is 16.8 Å². The molecule has 0 aromatic rings. The fraction of sp³-hybridized carbons (Fsp3) is 0.826. The van der Waals surface area contributed by atoms with E-state index in [1.807, 2.05) is 6.92 Å². The van der Waals surface area contributed by atoms with Crippen LogP contribution >= 0.6 is 0 Å². The van der Waals surface area contributed by atoms with E-state index in [4.69, 9.17) is 4.74 Å². The van der Waals surface area contributed by atoms with Crippen molar-refractivity contribution in [3.8, 4) is 0 Å². The highest BCUT2D eigenvalue weighted by molar-refractivity contribution is 5.85. The number of hydrogen-bond donors (Lipinski definition) is 1. The number of carbonyl (C=O) groups excluding carboxylic acids is 1. The summed E-state index contributed by atoms with van der Waals surface area (Å²) in [6, 6.07) is 0. The lowest BCUT2D eigenvalue weighted by Gasteiger charge is -2.58. The molecule has 0 heterocycles. The number of fused-ring (bicyclic) bond motifs is 5. The van der Waals surface area contributed by atoms with Crippen LogP contribution in [-0.2, 0) is 9.53 Å². The maximum absolute atomic E-state index is 11.4. The summed E-state index contributed by atoms with van der Waals surface area (Å²) < 4.78 is 5.54. The highest BCUT2D eigenvalue weighted by Crippen LogP contribution is 2.66. The minimum absolute atomic E-state index is 0.0755. The standard InChI is InChI=1S/C23H35NO3/c1-14(24-26)19-7-8-20-18-6-5-16-13-17(27-15(2)25)9-11-22(16,3)21(18)10-12-23(19,20)4/h5,17-21,26H,6-13H2,1-4H3/t17-,18+,19-,20+,21+,22-,23-/m0/s1. The third-order valence-electron chi connectivity index (χ3n) is 9.05. The van der Waals surface area contributed by atoms with E-state index in [2.05, 4.69) is 25.1 Å². The summed E-state index contributed by atoms with van der Waals surface area (Å²) >= 11 is 0. The van der Waals surface area contributed by atoms with Crippen LogP contribution < -0.4 is 0 Å². The minimum Gasteiger partial charge on any atom is -0.462 e. The van der Waals surface area contributed by atoms with Gasteiger partial charge in [0.1, 0.15) is 6.10 Å². The summed E-state index contributed by atoms with van der Waals surface area (Å²) in [7, 11) is 0. The van der Waals surface area contributed by atoms with Crippen molar-refractivity contribution in [3.05, 3.63) is 11.6 Å². The maximum Gasteiger partial charge on any atom is 0.302 e. The maximum atomic E-state index is 11.4. The van der Waals surface area contributed by atoms with Gasteiger partial charge in [0.25, 0.3) is 0 Å². The molecule has 4 rings (SSSR count). The molecule has 4 aliphatic rings. The summed E-state index contributed by atoms with van der Waals surface area (Å²) in [5.74, 6) is 2.52. The second-order valence-electron chi connectivity index (χ2n) is 10.1. The first-order valence-corrected chi connectivity index (χ1v) is 10.8. The van der Waals surface area contributed by atoms with Gasteiger partial charge in [-0.25, -0.2) is 0 Å². The minimum atomic E-state index is -0.149. The SMILES string of the molecule is CC(=O)O[C@H]1CC[C@@]2(C)C(=CC[C@@H]3[C@H]4CC[C@@H](C(C)=NO)[C@]4(C)CC[C@H]32)C1. The number of rotatable bonds is 2. The molecule has 0 aromatic carbocycles. The van der Waals surface area contributed by atoms with Crippen LogP contribution in [0, 0.1) is 34.5 Å². The van der Waals surface area contributed by atoms with Crippen molar-refractivity contribution < 1.29 is 14.7 Å². The quantitative estimate of drug-likeness (QED) is 0.233. The number of hydrogen-bond acceptors (Lipinski definition) is 4. The van der Waals surface area contributed by atoms with E-state index in [0.717, 1.165) is 42.7 Å². The van der Waals surface area contributed by atoms with Crippen molar-refractivity contribution in [1.29, 1.82) is 0 Å². The summed E-state index contributed by atoms with van der Waals surface area (Å²) in [5.41, 5.74) is 3.04. The number of ether oxygens (including phenoxy) is 1. The molecule has 0 bridgehead atoms. The zero-order valence-electron chi connectivity index (χ0n) is 17.3. The lowest BCUT2D eigenvalue weighted by Crippen LogP contribution is -2.51. The van der Waals surface area contributed by atoms with E-state index in [1.165, 1.54) is 39.0 Å². The molecular formula is C23H35NO3. The van der Waals surface area contributed by atoms with Gasteiger partial charge >= 0.3 is 5.97 Å². The van der Waals surface area contributed by atoms with Crippen molar-refractivity contribution in [2.24, 2.45) is 39.7 Å². The highest BCUT2D eigenvalue weighted by atomic mass is 16.5. The van der Waals surface area contributed by atoms with Crippen LogP contribution in [0.25, 0.3) is 0 Å². The monoisotopic (exact) mass is 373 g/mol. The van der Waals surface area contributed by atoms with E-state index in [9.17, 15) is 10.0 Å². The third-order valence-corrected chi connectivity index (χ3v) is 9.05. The summed E-state index contributed by atoms with van der Waals surface area (Å²) in [6.45, 7) is 8.46. The molecule has 0 amide bonds. The van der Waals surface area contributed by atoms with Crippen molar-refractivity contribution >= 4 is 11.7 Å². The van der Waals surface area contributed by atoms with Crippen molar-refractivity contribution in [2.75, 3.05) is 0 Å². The van der Waals surface area contributed by atoms with E-state index < -0.39 is 0 Å². The average molecular weight is 374 g/mol. The van der Waals surface area contributed by atoms with Crippen LogP contribution in [-0.4, -0.2) is 23.0 Å². The summed E-state index contributed by atoms with van der Waals surface area (Å²) in [5, 5.41) is 12.9. The molecule has 0 saturated heterocycles. The zero-order chi connectivity index (χ0) is 19.4. The Kier molecular flexibility index (Phi) is 4.67. The van der Waals surface area contributed by atoms with Gasteiger partial charge in [0.05, 0.1) is 5.71 Å². The van der Waals surface area contributed by atoms with Gasteiger partial charge in [-0.2, -0.15) is 0 Å². The normalized spacial score (nSPS) is 46.7. The molecule has 150 valence electrons. The molecule has 0 aromatic heterocycles. The Morgan fingerprint density at radius 1 is 1.15 bits per heavy atom. The van der Waals surface area contributed by atoms with Gasteiger partial charge in [-0.3, -0.25) is 4.79 Å². The van der Waals surface area contributed by atoms with Crippen molar-refractivity contribution in [1.82, 2.24) is 0 Å². The topological polar surface area (TPSA) is 58.9 Å². The molecule has 4 aliphatic carbocycles. The first-order chi connectivity index (χ1) is 12.8. The van der Waals surface area contributed by atoms with Crippen molar-refractivity contribution in [2.45, 2.75) is 85.2 Å². The van der Waals surface area contributed by atoms with Crippen LogP contribution in [0.5, 0.6) is 0 Å². The van der Waals surface area contributed by atoms with Gasteiger partial charge in [0.2, 0.25) is 0 Å². The number of carbonyl (C=O) groups is 1. The van der Waals surface area contributed by atoms with Gasteiger partial charge in [0, 0.05) is 19.3 Å². The molecule has 27 heavy (non-hydrogen) atoms. The molecule has 1 N–H and O–H groups in total. The molecule has 0 radical (unpaired) electrons. The Morgan fingerprint density at radius 2 is 1.93 bits per heavy atom. The second-order valence-corrected chi connectivity index (χ2v) is 10.1. The van der Waals surface area contributed by atoms with E-state index in [0.29, 0.717) is 5.92 Å². The van der Waals surface area contributed by atoms with Crippen molar-refractivity contribution in [3.63, 3.8) is 0 Å². The second kappa shape index (κ2) is 6.63. The molecule has 4 heteroatoms. The summed E-state index contributed by atoms with van der Waals surface area (Å²) in [6.07, 6.45) is 11.8. The average Bonchev–Trinajstić information content (AvgIpc) is 2.98. The molecule has 0 unspecified atom stereocenters. The Hall–Kier alpha value is -1.32. The first-order valence-electron chi connectivity index (χ1n) is 10.8. The van der Waals surface area contributed by atoms with Gasteiger partial charge in [-0.15, -0.1) is 0 Å².